The second-order valence-electron chi connectivity index (χ2n) is 5.63. The van der Waals surface area contributed by atoms with Crippen molar-refractivity contribution in [3.05, 3.63) is 33.4 Å². The van der Waals surface area contributed by atoms with E-state index in [9.17, 15) is 9.18 Å². The summed E-state index contributed by atoms with van der Waals surface area (Å²) in [5.41, 5.74) is 0.0584. The van der Waals surface area contributed by atoms with Crippen LogP contribution in [0.2, 0.25) is 0 Å². The van der Waals surface area contributed by atoms with Gasteiger partial charge in [-0.25, -0.2) is 9.37 Å². The lowest BCUT2D eigenvalue weighted by Crippen LogP contribution is -2.26. The summed E-state index contributed by atoms with van der Waals surface area (Å²) in [6, 6.07) is 0. The lowest BCUT2D eigenvalue weighted by atomic mass is 9.81. The molecule has 4 rings (SSSR count). The molecule has 0 radical (unpaired) electrons. The van der Waals surface area contributed by atoms with E-state index >= 15 is 0 Å². The van der Waals surface area contributed by atoms with Crippen LogP contribution in [0.4, 0.5) is 4.39 Å². The first-order valence-electron chi connectivity index (χ1n) is 7.05. The maximum atomic E-state index is 12.8. The molecule has 1 fully saturated rings. The van der Waals surface area contributed by atoms with Gasteiger partial charge in [0.15, 0.2) is 10.8 Å². The third kappa shape index (κ3) is 2.23. The molecule has 3 aromatic heterocycles. The fourth-order valence-electron chi connectivity index (χ4n) is 2.67. The Balaban J connectivity index is 1.65. The lowest BCUT2D eigenvalue weighted by molar-refractivity contribution is 0.129. The summed E-state index contributed by atoms with van der Waals surface area (Å²) in [5.74, 6) is 0.946. The van der Waals surface area contributed by atoms with Crippen LogP contribution in [0.25, 0.3) is 16.4 Å². The van der Waals surface area contributed by atoms with Crippen LogP contribution in [0, 0.1) is 12.8 Å². The van der Waals surface area contributed by atoms with Crippen molar-refractivity contribution in [2.75, 3.05) is 0 Å². The zero-order valence-electron chi connectivity index (χ0n) is 11.8. The summed E-state index contributed by atoms with van der Waals surface area (Å²) in [6.07, 6.45) is 4.19. The van der Waals surface area contributed by atoms with Crippen molar-refractivity contribution in [2.24, 2.45) is 5.92 Å². The van der Waals surface area contributed by atoms with E-state index in [1.165, 1.54) is 21.9 Å². The molecule has 6 nitrogen and oxygen atoms in total. The molecule has 22 heavy (non-hydrogen) atoms. The lowest BCUT2D eigenvalue weighted by Gasteiger charge is -2.28. The standard InChI is InChI=1S/C14H13FN4O2S/c1-7-6-19-13(20)10(5-16-14(19)22-7)12-17-11(18-21-12)4-8-2-9(15)3-8/h5-6,8-9H,2-4H2,1H3. The molecule has 0 aliphatic heterocycles. The van der Waals surface area contributed by atoms with Gasteiger partial charge < -0.3 is 4.52 Å². The molecule has 0 unspecified atom stereocenters. The molecule has 1 aliphatic rings. The average molecular weight is 320 g/mol. The first-order valence-corrected chi connectivity index (χ1v) is 7.86. The summed E-state index contributed by atoms with van der Waals surface area (Å²) in [5, 5.41) is 3.88. The Morgan fingerprint density at radius 2 is 2.32 bits per heavy atom. The molecule has 0 aromatic carbocycles. The predicted octanol–water partition coefficient (Wildman–Crippen LogP) is 2.41. The topological polar surface area (TPSA) is 73.3 Å². The molecule has 3 heterocycles. The highest BCUT2D eigenvalue weighted by Crippen LogP contribution is 2.32. The maximum absolute atomic E-state index is 12.8. The fourth-order valence-corrected chi connectivity index (χ4v) is 3.45. The van der Waals surface area contributed by atoms with Crippen molar-refractivity contribution in [2.45, 2.75) is 32.4 Å². The minimum absolute atomic E-state index is 0.168. The first-order chi connectivity index (χ1) is 10.6. The third-order valence-electron chi connectivity index (χ3n) is 3.87. The summed E-state index contributed by atoms with van der Waals surface area (Å²) in [7, 11) is 0. The van der Waals surface area contributed by atoms with E-state index in [4.69, 9.17) is 4.52 Å². The van der Waals surface area contributed by atoms with Crippen LogP contribution in [0.1, 0.15) is 23.5 Å². The molecule has 1 saturated carbocycles. The van der Waals surface area contributed by atoms with Gasteiger partial charge in [0.25, 0.3) is 11.4 Å². The van der Waals surface area contributed by atoms with Gasteiger partial charge in [0.05, 0.1) is 0 Å². The number of hydrogen-bond donors (Lipinski definition) is 0. The van der Waals surface area contributed by atoms with Gasteiger partial charge in [-0.3, -0.25) is 9.20 Å². The molecule has 0 atom stereocenters. The number of halogens is 1. The van der Waals surface area contributed by atoms with E-state index in [1.54, 1.807) is 6.20 Å². The van der Waals surface area contributed by atoms with Crippen LogP contribution in [-0.4, -0.2) is 25.7 Å². The minimum Gasteiger partial charge on any atom is -0.334 e. The Morgan fingerprint density at radius 1 is 1.50 bits per heavy atom. The number of aryl methyl sites for hydroxylation is 1. The van der Waals surface area contributed by atoms with Crippen LogP contribution >= 0.6 is 11.3 Å². The Hall–Kier alpha value is -2.09. The third-order valence-corrected chi connectivity index (χ3v) is 4.78. The van der Waals surface area contributed by atoms with Crippen molar-refractivity contribution in [1.82, 2.24) is 19.5 Å². The van der Waals surface area contributed by atoms with Gasteiger partial charge in [-0.05, 0) is 25.7 Å². The molecule has 114 valence electrons. The number of thiazole rings is 1. The van der Waals surface area contributed by atoms with E-state index in [2.05, 4.69) is 15.1 Å². The summed E-state index contributed by atoms with van der Waals surface area (Å²) < 4.78 is 19.5. The molecule has 0 saturated heterocycles. The highest BCUT2D eigenvalue weighted by molar-refractivity contribution is 7.16. The molecular weight excluding hydrogens is 307 g/mol. The number of hydrogen-bond acceptors (Lipinski definition) is 6. The molecule has 1 aliphatic carbocycles. The van der Waals surface area contributed by atoms with Crippen LogP contribution in [0.5, 0.6) is 0 Å². The second kappa shape index (κ2) is 4.98. The smallest absolute Gasteiger partial charge is 0.271 e. The van der Waals surface area contributed by atoms with Gasteiger partial charge in [0, 0.05) is 23.7 Å². The van der Waals surface area contributed by atoms with Gasteiger partial charge in [0.1, 0.15) is 11.7 Å². The molecule has 0 bridgehead atoms. The van der Waals surface area contributed by atoms with Crippen molar-refractivity contribution < 1.29 is 8.91 Å². The van der Waals surface area contributed by atoms with Crippen LogP contribution in [-0.2, 0) is 6.42 Å². The largest absolute Gasteiger partial charge is 0.334 e. The van der Waals surface area contributed by atoms with E-state index < -0.39 is 6.17 Å². The summed E-state index contributed by atoms with van der Waals surface area (Å²) in [4.78, 5) is 22.6. The first kappa shape index (κ1) is 13.6. The highest BCUT2D eigenvalue weighted by atomic mass is 32.1. The van der Waals surface area contributed by atoms with Crippen LogP contribution in [0.15, 0.2) is 21.7 Å². The number of alkyl halides is 1. The second-order valence-corrected chi connectivity index (χ2v) is 6.84. The maximum Gasteiger partial charge on any atom is 0.271 e. The van der Waals surface area contributed by atoms with Gasteiger partial charge in [-0.1, -0.05) is 5.16 Å². The summed E-state index contributed by atoms with van der Waals surface area (Å²) >= 11 is 1.44. The zero-order chi connectivity index (χ0) is 15.3. The van der Waals surface area contributed by atoms with Gasteiger partial charge in [0.2, 0.25) is 0 Å². The molecule has 0 N–H and O–H groups in total. The molecule has 8 heteroatoms. The van der Waals surface area contributed by atoms with Crippen LogP contribution in [0.3, 0.4) is 0 Å². The number of nitrogens with zero attached hydrogens (tertiary/aromatic N) is 4. The van der Waals surface area contributed by atoms with Crippen molar-refractivity contribution >= 4 is 16.3 Å². The van der Waals surface area contributed by atoms with E-state index in [0.29, 0.717) is 30.0 Å². The van der Waals surface area contributed by atoms with E-state index in [-0.39, 0.29) is 22.9 Å². The van der Waals surface area contributed by atoms with Gasteiger partial charge >= 0.3 is 0 Å². The highest BCUT2D eigenvalue weighted by Gasteiger charge is 2.30. The van der Waals surface area contributed by atoms with Crippen molar-refractivity contribution in [1.29, 1.82) is 0 Å². The Morgan fingerprint density at radius 3 is 3.09 bits per heavy atom. The molecule has 3 aromatic rings. The van der Waals surface area contributed by atoms with Crippen molar-refractivity contribution in [3.63, 3.8) is 0 Å². The van der Waals surface area contributed by atoms with E-state index in [0.717, 1.165) is 4.88 Å². The Labute approximate surface area is 128 Å². The van der Waals surface area contributed by atoms with Gasteiger partial charge in [-0.2, -0.15) is 4.98 Å². The van der Waals surface area contributed by atoms with Crippen molar-refractivity contribution in [3.8, 4) is 11.5 Å². The quantitative estimate of drug-likeness (QED) is 0.741. The van der Waals surface area contributed by atoms with Crippen LogP contribution < -0.4 is 5.56 Å². The Kier molecular flexibility index (Phi) is 3.07. The monoisotopic (exact) mass is 320 g/mol. The summed E-state index contributed by atoms with van der Waals surface area (Å²) in [6.45, 7) is 1.92. The Bertz CT molecular complexity index is 894. The fraction of sp³-hybridized carbons (Fsp3) is 0.429. The molecular formula is C14H13FN4O2S. The SMILES string of the molecule is Cc1cn2c(=O)c(-c3nc(CC4CC(F)C4)no3)cnc2s1. The zero-order valence-corrected chi connectivity index (χ0v) is 12.6. The predicted molar refractivity (Wildman–Crippen MR) is 78.7 cm³/mol. The average Bonchev–Trinajstić information content (AvgIpc) is 3.04. The molecule has 0 spiro atoms. The normalized spacial score (nSPS) is 21.2. The number of fused-ring (bicyclic) bond motifs is 1. The minimum atomic E-state index is -0.700. The number of aromatic nitrogens is 4. The van der Waals surface area contributed by atoms with E-state index in [1.807, 2.05) is 6.92 Å². The van der Waals surface area contributed by atoms with Gasteiger partial charge in [-0.15, -0.1) is 11.3 Å². The number of rotatable bonds is 3. The molecule has 0 amide bonds.